The van der Waals surface area contributed by atoms with Gasteiger partial charge in [-0.2, -0.15) is 16.8 Å². The maximum atomic E-state index is 13.0. The first kappa shape index (κ1) is 24.4. The van der Waals surface area contributed by atoms with Crippen molar-refractivity contribution in [2.24, 2.45) is 0 Å². The summed E-state index contributed by atoms with van der Waals surface area (Å²) in [4.78, 5) is 0. The van der Waals surface area contributed by atoms with Crippen LogP contribution in [-0.4, -0.2) is 16.8 Å². The summed E-state index contributed by atoms with van der Waals surface area (Å²) in [5.41, 5.74) is 2.01. The molecule has 0 N–H and O–H groups in total. The molecule has 0 bridgehead atoms. The molecule has 0 aliphatic carbocycles. The van der Waals surface area contributed by atoms with Crippen molar-refractivity contribution in [1.29, 1.82) is 0 Å². The Hall–Kier alpha value is -3.76. The maximum Gasteiger partial charge on any atom is 0.488 e. The van der Waals surface area contributed by atoms with Crippen molar-refractivity contribution in [3.05, 3.63) is 131 Å². The standard InChI is InChI=1S/C25H18F2O6S2/c26-34(28,29)32-23-15-11-21(12-16-23)25(19-7-3-1-4-8-19,20-9-5-2-6-10-20)22-13-17-24(18-14-22)33-35(27,30)31/h1-18H. The quantitative estimate of drug-likeness (QED) is 0.235. The Balaban J connectivity index is 1.97. The molecular weight excluding hydrogens is 498 g/mol. The Morgan fingerprint density at radius 1 is 0.457 bits per heavy atom. The van der Waals surface area contributed by atoms with Gasteiger partial charge in [0.15, 0.2) is 0 Å². The van der Waals surface area contributed by atoms with Gasteiger partial charge in [-0.25, -0.2) is 0 Å². The zero-order chi connectivity index (χ0) is 25.1. The number of rotatable bonds is 8. The molecule has 0 spiro atoms. The molecule has 6 nitrogen and oxygen atoms in total. The van der Waals surface area contributed by atoms with Gasteiger partial charge in [-0.15, -0.1) is 0 Å². The average Bonchev–Trinajstić information content (AvgIpc) is 2.81. The van der Waals surface area contributed by atoms with Gasteiger partial charge in [0.05, 0.1) is 5.41 Å². The lowest BCUT2D eigenvalue weighted by molar-refractivity contribution is 0.438. The van der Waals surface area contributed by atoms with Gasteiger partial charge in [-0.1, -0.05) is 92.7 Å². The van der Waals surface area contributed by atoms with E-state index in [-0.39, 0.29) is 11.5 Å². The third-order valence-corrected chi connectivity index (χ3v) is 6.16. The van der Waals surface area contributed by atoms with Gasteiger partial charge >= 0.3 is 21.0 Å². The molecule has 0 radical (unpaired) electrons. The molecule has 0 fully saturated rings. The maximum absolute atomic E-state index is 13.0. The fourth-order valence-corrected chi connectivity index (χ4v) is 4.81. The van der Waals surface area contributed by atoms with Crippen LogP contribution in [0.5, 0.6) is 11.5 Å². The molecule has 10 heteroatoms. The molecule has 0 amide bonds. The van der Waals surface area contributed by atoms with E-state index in [4.69, 9.17) is 0 Å². The smallest absolute Gasteiger partial charge is 0.358 e. The minimum absolute atomic E-state index is 0.205. The van der Waals surface area contributed by atoms with Gasteiger partial charge in [0.25, 0.3) is 0 Å². The van der Waals surface area contributed by atoms with E-state index in [0.29, 0.717) is 11.1 Å². The molecule has 0 unspecified atom stereocenters. The highest BCUT2D eigenvalue weighted by Crippen LogP contribution is 2.45. The normalized spacial score (nSPS) is 12.2. The van der Waals surface area contributed by atoms with E-state index in [1.165, 1.54) is 24.3 Å². The Labute approximate surface area is 202 Å². The van der Waals surface area contributed by atoms with E-state index < -0.39 is 26.4 Å². The van der Waals surface area contributed by atoms with Crippen LogP contribution >= 0.6 is 0 Å². The summed E-state index contributed by atoms with van der Waals surface area (Å²) < 4.78 is 78.4. The van der Waals surface area contributed by atoms with E-state index in [2.05, 4.69) is 8.37 Å². The molecule has 0 saturated heterocycles. The van der Waals surface area contributed by atoms with Crippen LogP contribution in [0, 0.1) is 0 Å². The Bertz CT molecular complexity index is 1390. The highest BCUT2D eigenvalue weighted by atomic mass is 32.3. The van der Waals surface area contributed by atoms with E-state index >= 15 is 0 Å². The van der Waals surface area contributed by atoms with Gasteiger partial charge in [0.2, 0.25) is 0 Å². The second kappa shape index (κ2) is 9.47. The minimum atomic E-state index is -5.20. The van der Waals surface area contributed by atoms with Crippen LogP contribution in [0.15, 0.2) is 109 Å². The van der Waals surface area contributed by atoms with Gasteiger partial charge in [0.1, 0.15) is 11.5 Å². The van der Waals surface area contributed by atoms with Crippen molar-refractivity contribution in [2.75, 3.05) is 0 Å². The summed E-state index contributed by atoms with van der Waals surface area (Å²) >= 11 is 0. The van der Waals surface area contributed by atoms with E-state index in [0.717, 1.165) is 11.1 Å². The Kier molecular flexibility index (Phi) is 6.60. The predicted molar refractivity (Wildman–Crippen MR) is 126 cm³/mol. The SMILES string of the molecule is O=S(=O)(F)Oc1ccc(C(c2ccccc2)(c2ccccc2)c2ccc(OS(=O)(=O)F)cc2)cc1. The van der Waals surface area contributed by atoms with Crippen molar-refractivity contribution < 1.29 is 33.0 Å². The monoisotopic (exact) mass is 516 g/mol. The summed E-state index contributed by atoms with van der Waals surface area (Å²) in [5.74, 6) is -0.411. The molecule has 0 saturated carbocycles. The third kappa shape index (κ3) is 5.50. The molecule has 35 heavy (non-hydrogen) atoms. The van der Waals surface area contributed by atoms with Crippen LogP contribution < -0.4 is 8.37 Å². The zero-order valence-electron chi connectivity index (χ0n) is 17.9. The van der Waals surface area contributed by atoms with Crippen molar-refractivity contribution in [3.63, 3.8) is 0 Å². The van der Waals surface area contributed by atoms with Crippen LogP contribution in [-0.2, 0) is 26.4 Å². The second-order valence-electron chi connectivity index (χ2n) is 7.48. The van der Waals surface area contributed by atoms with Crippen LogP contribution in [0.4, 0.5) is 7.77 Å². The molecule has 4 aromatic rings. The van der Waals surface area contributed by atoms with E-state index in [1.807, 2.05) is 60.7 Å². The topological polar surface area (TPSA) is 86.7 Å². The van der Waals surface area contributed by atoms with E-state index in [1.54, 1.807) is 24.3 Å². The van der Waals surface area contributed by atoms with Crippen molar-refractivity contribution in [2.45, 2.75) is 5.41 Å². The van der Waals surface area contributed by atoms with Crippen molar-refractivity contribution in [1.82, 2.24) is 0 Å². The molecule has 0 heterocycles. The first-order valence-corrected chi connectivity index (χ1v) is 12.8. The fourth-order valence-electron chi connectivity index (χ4n) is 4.13. The molecule has 180 valence electrons. The van der Waals surface area contributed by atoms with Gasteiger partial charge < -0.3 is 8.37 Å². The van der Waals surface area contributed by atoms with Gasteiger partial charge in [0, 0.05) is 0 Å². The molecule has 4 aromatic carbocycles. The van der Waals surface area contributed by atoms with Crippen molar-refractivity contribution in [3.8, 4) is 11.5 Å². The fraction of sp³-hybridized carbons (Fsp3) is 0.0400. The predicted octanol–water partition coefficient (Wildman–Crippen LogP) is 5.26. The summed E-state index contributed by atoms with van der Waals surface area (Å²) in [5, 5.41) is 0. The summed E-state index contributed by atoms with van der Waals surface area (Å²) in [6.07, 6.45) is 0. The number of hydrogen-bond donors (Lipinski definition) is 0. The Morgan fingerprint density at radius 3 is 1.03 bits per heavy atom. The average molecular weight is 517 g/mol. The highest BCUT2D eigenvalue weighted by molar-refractivity contribution is 7.82. The lowest BCUT2D eigenvalue weighted by Crippen LogP contribution is -2.31. The van der Waals surface area contributed by atoms with E-state index in [9.17, 15) is 24.6 Å². The first-order chi connectivity index (χ1) is 16.6. The van der Waals surface area contributed by atoms with Crippen LogP contribution in [0.2, 0.25) is 0 Å². The lowest BCUT2D eigenvalue weighted by atomic mass is 9.65. The Morgan fingerprint density at radius 2 is 0.743 bits per heavy atom. The molecule has 0 aliphatic heterocycles. The summed E-state index contributed by atoms with van der Waals surface area (Å²) in [7, 11) is -10.4. The summed E-state index contributed by atoms with van der Waals surface area (Å²) in [6, 6.07) is 30.5. The third-order valence-electron chi connectivity index (χ3n) is 5.38. The highest BCUT2D eigenvalue weighted by Gasteiger charge is 2.38. The zero-order valence-corrected chi connectivity index (χ0v) is 19.5. The second-order valence-corrected chi connectivity index (χ2v) is 9.39. The number of halogens is 2. The van der Waals surface area contributed by atoms with Crippen molar-refractivity contribution >= 4 is 21.0 Å². The minimum Gasteiger partial charge on any atom is -0.358 e. The largest absolute Gasteiger partial charge is 0.488 e. The molecule has 4 rings (SSSR count). The lowest BCUT2D eigenvalue weighted by Gasteiger charge is -2.37. The number of benzene rings is 4. The molecular formula is C25H18F2O6S2. The molecule has 0 atom stereocenters. The summed E-state index contributed by atoms with van der Waals surface area (Å²) in [6.45, 7) is 0. The van der Waals surface area contributed by atoms with Crippen LogP contribution in [0.1, 0.15) is 22.3 Å². The number of hydrogen-bond acceptors (Lipinski definition) is 6. The molecule has 0 aliphatic rings. The van der Waals surface area contributed by atoms with Crippen LogP contribution in [0.3, 0.4) is 0 Å². The van der Waals surface area contributed by atoms with Crippen LogP contribution in [0.25, 0.3) is 0 Å². The first-order valence-electron chi connectivity index (χ1n) is 10.2. The molecule has 0 aromatic heterocycles. The van der Waals surface area contributed by atoms with Gasteiger partial charge in [-0.05, 0) is 46.5 Å². The van der Waals surface area contributed by atoms with Gasteiger partial charge in [-0.3, -0.25) is 0 Å².